The van der Waals surface area contributed by atoms with Crippen LogP contribution in [0, 0.1) is 0 Å². The highest BCUT2D eigenvalue weighted by Crippen LogP contribution is 2.41. The van der Waals surface area contributed by atoms with Crippen LogP contribution in [0.3, 0.4) is 0 Å². The molecule has 0 bridgehead atoms. The van der Waals surface area contributed by atoms with Crippen molar-refractivity contribution in [3.05, 3.63) is 143 Å². The zero-order chi connectivity index (χ0) is 26.8. The third kappa shape index (κ3) is 4.80. The Hall–Kier alpha value is -5.10. The molecule has 0 saturated heterocycles. The Morgan fingerprint density at radius 2 is 1.51 bits per heavy atom. The lowest BCUT2D eigenvalue weighted by Crippen LogP contribution is -2.33. The fraction of sp³-hybridized carbons (Fsp3) is 0.0909. The van der Waals surface area contributed by atoms with Crippen molar-refractivity contribution >= 4 is 22.7 Å². The van der Waals surface area contributed by atoms with Gasteiger partial charge in [-0.15, -0.1) is 0 Å². The van der Waals surface area contributed by atoms with Gasteiger partial charge in [-0.3, -0.25) is 9.59 Å². The number of amides is 1. The number of furan rings is 1. The molecular weight excluding hydrogens is 490 g/mol. The predicted octanol–water partition coefficient (Wildman–Crippen LogP) is 7.05. The number of benzene rings is 4. The lowest BCUT2D eigenvalue weighted by molar-refractivity contribution is -0.129. The van der Waals surface area contributed by atoms with E-state index in [1.165, 1.54) is 0 Å². The largest absolute Gasteiger partial charge is 0.503 e. The average molecular weight is 516 g/mol. The Morgan fingerprint density at radius 3 is 2.28 bits per heavy atom. The van der Waals surface area contributed by atoms with Crippen molar-refractivity contribution < 1.29 is 23.8 Å². The van der Waals surface area contributed by atoms with Crippen molar-refractivity contribution in [2.45, 2.75) is 12.5 Å². The normalized spacial score (nSPS) is 15.2. The topological polar surface area (TPSA) is 80.0 Å². The number of aliphatic hydroxyl groups excluding tert-OH is 1. The summed E-state index contributed by atoms with van der Waals surface area (Å²) in [5.74, 6) is -0.403. The molecule has 0 saturated carbocycles. The molecule has 1 unspecified atom stereocenters. The highest BCUT2D eigenvalue weighted by atomic mass is 16.5. The summed E-state index contributed by atoms with van der Waals surface area (Å²) < 4.78 is 11.9. The van der Waals surface area contributed by atoms with Crippen molar-refractivity contribution in [1.82, 2.24) is 4.90 Å². The molecular formula is C33H25NO5. The molecule has 1 aromatic heterocycles. The number of Topliss-reactive ketones (excluding diaryl/α,β-unsaturated/α-hetero) is 1. The summed E-state index contributed by atoms with van der Waals surface area (Å²) in [6.45, 7) is 0.304. The second-order valence-corrected chi connectivity index (χ2v) is 9.36. The van der Waals surface area contributed by atoms with E-state index < -0.39 is 23.5 Å². The summed E-state index contributed by atoms with van der Waals surface area (Å²) in [4.78, 5) is 28.8. The molecule has 6 rings (SSSR count). The minimum Gasteiger partial charge on any atom is -0.503 e. The molecule has 1 amide bonds. The number of carbonyl (C=O) groups excluding carboxylic acids is 2. The molecule has 192 valence electrons. The van der Waals surface area contributed by atoms with E-state index in [0.717, 1.165) is 10.9 Å². The van der Waals surface area contributed by atoms with E-state index in [0.29, 0.717) is 35.6 Å². The van der Waals surface area contributed by atoms with Gasteiger partial charge in [-0.1, -0.05) is 78.9 Å². The summed E-state index contributed by atoms with van der Waals surface area (Å²) in [5.41, 5.74) is 2.24. The maximum atomic E-state index is 13.8. The standard InChI is InChI=1S/C33H25NO5/c35-31(28-21-23-12-7-8-17-27(23)39-28)29-30(24-13-9-16-26(20-24)38-25-14-5-2-6-15-25)34(33(37)32(29)36)19-18-22-10-3-1-4-11-22/h1-17,20-21,30,36H,18-19H2. The van der Waals surface area contributed by atoms with Crippen LogP contribution in [0.1, 0.15) is 27.7 Å². The van der Waals surface area contributed by atoms with Crippen LogP contribution in [0.25, 0.3) is 11.0 Å². The third-order valence-electron chi connectivity index (χ3n) is 6.83. The minimum absolute atomic E-state index is 0.0102. The number of ketones is 1. The number of hydrogen-bond acceptors (Lipinski definition) is 5. The fourth-order valence-electron chi connectivity index (χ4n) is 4.96. The van der Waals surface area contributed by atoms with Crippen molar-refractivity contribution in [3.8, 4) is 11.5 Å². The van der Waals surface area contributed by atoms with E-state index in [1.807, 2.05) is 97.1 Å². The van der Waals surface area contributed by atoms with Gasteiger partial charge in [0.15, 0.2) is 11.5 Å². The maximum Gasteiger partial charge on any atom is 0.290 e. The molecule has 2 heterocycles. The Kier molecular flexibility index (Phi) is 6.43. The Morgan fingerprint density at radius 1 is 0.821 bits per heavy atom. The molecule has 0 aliphatic carbocycles. The summed E-state index contributed by atoms with van der Waals surface area (Å²) in [5, 5.41) is 11.8. The molecule has 6 nitrogen and oxygen atoms in total. The first-order valence-corrected chi connectivity index (χ1v) is 12.7. The summed E-state index contributed by atoms with van der Waals surface area (Å²) >= 11 is 0. The van der Waals surface area contributed by atoms with Gasteiger partial charge < -0.3 is 19.2 Å². The second kappa shape index (κ2) is 10.3. The van der Waals surface area contributed by atoms with Crippen LogP contribution in [0.5, 0.6) is 11.5 Å². The minimum atomic E-state index is -0.818. The van der Waals surface area contributed by atoms with Gasteiger partial charge in [0.25, 0.3) is 5.91 Å². The second-order valence-electron chi connectivity index (χ2n) is 9.36. The number of ether oxygens (including phenoxy) is 1. The smallest absolute Gasteiger partial charge is 0.290 e. The number of fused-ring (bicyclic) bond motifs is 1. The van der Waals surface area contributed by atoms with E-state index in [2.05, 4.69) is 0 Å². The van der Waals surface area contributed by atoms with Crippen LogP contribution in [0.2, 0.25) is 0 Å². The first kappa shape index (κ1) is 24.2. The molecule has 6 heteroatoms. The number of para-hydroxylation sites is 2. The van der Waals surface area contributed by atoms with Crippen molar-refractivity contribution in [2.24, 2.45) is 0 Å². The van der Waals surface area contributed by atoms with Gasteiger partial charge in [-0.2, -0.15) is 0 Å². The molecule has 4 aromatic carbocycles. The molecule has 0 radical (unpaired) electrons. The molecule has 1 aliphatic rings. The average Bonchev–Trinajstić information content (AvgIpc) is 3.52. The van der Waals surface area contributed by atoms with Crippen LogP contribution in [-0.4, -0.2) is 28.2 Å². The predicted molar refractivity (Wildman–Crippen MR) is 148 cm³/mol. The SMILES string of the molecule is O=C(C1=C(O)C(=O)N(CCc2ccccc2)C1c1cccc(Oc2ccccc2)c1)c1cc2ccccc2o1. The van der Waals surface area contributed by atoms with Crippen LogP contribution >= 0.6 is 0 Å². The Bertz CT molecular complexity index is 1650. The summed E-state index contributed by atoms with van der Waals surface area (Å²) in [6, 6.07) is 34.5. The number of carbonyl (C=O) groups is 2. The first-order valence-electron chi connectivity index (χ1n) is 12.7. The van der Waals surface area contributed by atoms with Gasteiger partial charge >= 0.3 is 0 Å². The van der Waals surface area contributed by atoms with E-state index in [9.17, 15) is 14.7 Å². The van der Waals surface area contributed by atoms with Gasteiger partial charge in [-0.05, 0) is 53.9 Å². The maximum absolute atomic E-state index is 13.8. The lowest BCUT2D eigenvalue weighted by Gasteiger charge is -2.27. The van der Waals surface area contributed by atoms with E-state index >= 15 is 0 Å². The molecule has 0 spiro atoms. The molecule has 0 fully saturated rings. The van der Waals surface area contributed by atoms with Crippen LogP contribution in [0.4, 0.5) is 0 Å². The lowest BCUT2D eigenvalue weighted by atomic mass is 9.94. The van der Waals surface area contributed by atoms with Crippen molar-refractivity contribution in [3.63, 3.8) is 0 Å². The third-order valence-corrected chi connectivity index (χ3v) is 6.83. The van der Waals surface area contributed by atoms with Crippen molar-refractivity contribution in [1.29, 1.82) is 0 Å². The van der Waals surface area contributed by atoms with Crippen molar-refractivity contribution in [2.75, 3.05) is 6.54 Å². The van der Waals surface area contributed by atoms with E-state index in [4.69, 9.17) is 9.15 Å². The molecule has 1 N–H and O–H groups in total. The molecule has 5 aromatic rings. The number of nitrogens with zero attached hydrogens (tertiary/aromatic N) is 1. The fourth-order valence-corrected chi connectivity index (χ4v) is 4.96. The summed E-state index contributed by atoms with van der Waals surface area (Å²) in [7, 11) is 0. The van der Waals surface area contributed by atoms with Gasteiger partial charge in [0.1, 0.15) is 17.1 Å². The molecule has 39 heavy (non-hydrogen) atoms. The number of aliphatic hydroxyl groups is 1. The monoisotopic (exact) mass is 515 g/mol. The number of rotatable bonds is 8. The first-order chi connectivity index (χ1) is 19.1. The zero-order valence-electron chi connectivity index (χ0n) is 21.0. The zero-order valence-corrected chi connectivity index (χ0v) is 21.0. The van der Waals surface area contributed by atoms with Gasteiger partial charge in [0.2, 0.25) is 5.78 Å². The van der Waals surface area contributed by atoms with Crippen LogP contribution < -0.4 is 4.74 Å². The Labute approximate surface area is 225 Å². The van der Waals surface area contributed by atoms with E-state index in [1.54, 1.807) is 23.1 Å². The highest BCUT2D eigenvalue weighted by molar-refractivity contribution is 6.16. The van der Waals surface area contributed by atoms with Gasteiger partial charge in [-0.25, -0.2) is 0 Å². The van der Waals surface area contributed by atoms with E-state index in [-0.39, 0.29) is 11.3 Å². The summed E-state index contributed by atoms with van der Waals surface area (Å²) in [6.07, 6.45) is 0.558. The van der Waals surface area contributed by atoms with Gasteiger partial charge in [0, 0.05) is 11.9 Å². The molecule has 1 atom stereocenters. The quantitative estimate of drug-likeness (QED) is 0.224. The highest BCUT2D eigenvalue weighted by Gasteiger charge is 2.44. The van der Waals surface area contributed by atoms with Crippen LogP contribution in [0.15, 0.2) is 131 Å². The number of hydrogen-bond donors (Lipinski definition) is 1. The van der Waals surface area contributed by atoms with Crippen LogP contribution in [-0.2, 0) is 11.2 Å². The molecule has 1 aliphatic heterocycles. The van der Waals surface area contributed by atoms with Gasteiger partial charge in [0.05, 0.1) is 11.6 Å². The Balaban J connectivity index is 1.39.